The number of likely N-dealkylation sites (tertiary alicyclic amines) is 1. The van der Waals surface area contributed by atoms with Crippen LogP contribution in [-0.2, 0) is 0 Å². The van der Waals surface area contributed by atoms with Crippen molar-refractivity contribution in [2.45, 2.75) is 59.5 Å². The van der Waals surface area contributed by atoms with Crippen molar-refractivity contribution < 1.29 is 4.42 Å². The Bertz CT molecular complexity index is 422. The summed E-state index contributed by atoms with van der Waals surface area (Å²) in [7, 11) is 0. The molecule has 2 unspecified atom stereocenters. The highest BCUT2D eigenvalue weighted by Crippen LogP contribution is 2.37. The number of piperidine rings is 1. The molecule has 0 spiro atoms. The molecule has 1 aromatic rings. The van der Waals surface area contributed by atoms with E-state index in [1.165, 1.54) is 12.8 Å². The largest absolute Gasteiger partial charge is 0.465 e. The van der Waals surface area contributed by atoms with Gasteiger partial charge in [0.2, 0.25) is 0 Å². The predicted molar refractivity (Wildman–Crippen MR) is 83.6 cm³/mol. The minimum atomic E-state index is 0.0896. The van der Waals surface area contributed by atoms with Gasteiger partial charge in [-0.3, -0.25) is 4.90 Å². The lowest BCUT2D eigenvalue weighted by molar-refractivity contribution is 0.0663. The fraction of sp³-hybridized carbons (Fsp3) is 0.765. The third kappa shape index (κ3) is 3.44. The molecule has 2 atom stereocenters. The van der Waals surface area contributed by atoms with E-state index in [9.17, 15) is 0 Å². The van der Waals surface area contributed by atoms with Gasteiger partial charge in [-0.1, -0.05) is 20.8 Å². The van der Waals surface area contributed by atoms with Gasteiger partial charge in [0.05, 0.1) is 6.04 Å². The van der Waals surface area contributed by atoms with E-state index in [1.54, 1.807) is 0 Å². The molecule has 2 rings (SSSR count). The Morgan fingerprint density at radius 3 is 2.25 bits per heavy atom. The third-order valence-electron chi connectivity index (χ3n) is 4.70. The van der Waals surface area contributed by atoms with Gasteiger partial charge in [-0.15, -0.1) is 0 Å². The van der Waals surface area contributed by atoms with E-state index in [0.29, 0.717) is 5.41 Å². The lowest BCUT2D eigenvalue weighted by atomic mass is 9.75. The van der Waals surface area contributed by atoms with Gasteiger partial charge in [-0.05, 0) is 63.2 Å². The topological polar surface area (TPSA) is 42.4 Å². The van der Waals surface area contributed by atoms with Crippen molar-refractivity contribution in [1.82, 2.24) is 4.90 Å². The zero-order chi connectivity index (χ0) is 14.9. The first kappa shape index (κ1) is 15.6. The average molecular weight is 278 g/mol. The van der Waals surface area contributed by atoms with Crippen LogP contribution in [0.1, 0.15) is 58.1 Å². The molecule has 1 aromatic heterocycles. The molecule has 0 amide bonds. The highest BCUT2D eigenvalue weighted by molar-refractivity contribution is 5.12. The number of hydrogen-bond acceptors (Lipinski definition) is 3. The molecular formula is C17H30N2O. The maximum atomic E-state index is 6.23. The maximum Gasteiger partial charge on any atom is 0.122 e. The molecule has 0 aliphatic carbocycles. The highest BCUT2D eigenvalue weighted by Gasteiger charge is 2.34. The quantitative estimate of drug-likeness (QED) is 0.916. The lowest BCUT2D eigenvalue weighted by Crippen LogP contribution is -2.45. The fourth-order valence-electron chi connectivity index (χ4n) is 3.43. The molecule has 0 aromatic carbocycles. The second-order valence-electron chi connectivity index (χ2n) is 7.43. The molecule has 3 heteroatoms. The van der Waals surface area contributed by atoms with Gasteiger partial charge in [0.15, 0.2) is 0 Å². The summed E-state index contributed by atoms with van der Waals surface area (Å²) in [6.45, 7) is 13.4. The van der Waals surface area contributed by atoms with Crippen LogP contribution >= 0.6 is 0 Å². The van der Waals surface area contributed by atoms with Crippen LogP contribution in [-0.4, -0.2) is 24.0 Å². The molecule has 2 N–H and O–H groups in total. The molecule has 0 bridgehead atoms. The molecule has 3 nitrogen and oxygen atoms in total. The standard InChI is InChI=1S/C17H30N2O/c1-12-6-7-15(20-12)16(13(2)18)19-10-8-14(9-11-19)17(3,4)5/h6-7,13-14,16H,8-11,18H2,1-5H3. The zero-order valence-electron chi connectivity index (χ0n) is 13.6. The van der Waals surface area contributed by atoms with Crippen LogP contribution in [0.2, 0.25) is 0 Å². The number of nitrogens with zero attached hydrogens (tertiary/aromatic N) is 1. The third-order valence-corrected chi connectivity index (χ3v) is 4.70. The Morgan fingerprint density at radius 2 is 1.85 bits per heavy atom. The second-order valence-corrected chi connectivity index (χ2v) is 7.43. The van der Waals surface area contributed by atoms with Crippen molar-refractivity contribution in [2.24, 2.45) is 17.1 Å². The van der Waals surface area contributed by atoms with E-state index < -0.39 is 0 Å². The number of aryl methyl sites for hydroxylation is 1. The SMILES string of the molecule is Cc1ccc(C(C(C)N)N2CCC(C(C)(C)C)CC2)o1. The molecular weight excluding hydrogens is 248 g/mol. The van der Waals surface area contributed by atoms with Crippen molar-refractivity contribution in [3.63, 3.8) is 0 Å². The van der Waals surface area contributed by atoms with Crippen LogP contribution in [0, 0.1) is 18.3 Å². The van der Waals surface area contributed by atoms with Crippen LogP contribution in [0.4, 0.5) is 0 Å². The Hall–Kier alpha value is -0.800. The summed E-state index contributed by atoms with van der Waals surface area (Å²) in [5.74, 6) is 2.80. The van der Waals surface area contributed by atoms with Crippen LogP contribution in [0.5, 0.6) is 0 Å². The summed E-state index contributed by atoms with van der Waals surface area (Å²) in [4.78, 5) is 2.51. The summed E-state index contributed by atoms with van der Waals surface area (Å²) in [5, 5.41) is 0. The highest BCUT2D eigenvalue weighted by atomic mass is 16.3. The molecule has 1 fully saturated rings. The van der Waals surface area contributed by atoms with Gasteiger partial charge in [-0.25, -0.2) is 0 Å². The van der Waals surface area contributed by atoms with E-state index >= 15 is 0 Å². The van der Waals surface area contributed by atoms with Crippen LogP contribution in [0.15, 0.2) is 16.5 Å². The molecule has 0 radical (unpaired) electrons. The molecule has 20 heavy (non-hydrogen) atoms. The Labute approximate surface area is 123 Å². The normalized spacial score (nSPS) is 21.9. The minimum absolute atomic E-state index is 0.0896. The molecule has 2 heterocycles. The van der Waals surface area contributed by atoms with Crippen molar-refractivity contribution in [3.8, 4) is 0 Å². The van der Waals surface area contributed by atoms with E-state index in [4.69, 9.17) is 10.2 Å². The first-order valence-electron chi connectivity index (χ1n) is 7.85. The van der Waals surface area contributed by atoms with Gasteiger partial charge in [-0.2, -0.15) is 0 Å². The van der Waals surface area contributed by atoms with E-state index in [-0.39, 0.29) is 12.1 Å². The summed E-state index contributed by atoms with van der Waals surface area (Å²) < 4.78 is 5.83. The van der Waals surface area contributed by atoms with Gasteiger partial charge in [0, 0.05) is 6.04 Å². The first-order valence-corrected chi connectivity index (χ1v) is 7.85. The zero-order valence-corrected chi connectivity index (χ0v) is 13.6. The fourth-order valence-corrected chi connectivity index (χ4v) is 3.43. The summed E-state index contributed by atoms with van der Waals surface area (Å²) in [6.07, 6.45) is 2.51. The van der Waals surface area contributed by atoms with Crippen molar-refractivity contribution in [1.29, 1.82) is 0 Å². The summed E-state index contributed by atoms with van der Waals surface area (Å²) >= 11 is 0. The molecule has 114 valence electrons. The summed E-state index contributed by atoms with van der Waals surface area (Å²) in [6, 6.07) is 4.42. The molecule has 1 saturated heterocycles. The maximum absolute atomic E-state index is 6.23. The number of hydrogen-bond donors (Lipinski definition) is 1. The Morgan fingerprint density at radius 1 is 1.25 bits per heavy atom. The monoisotopic (exact) mass is 278 g/mol. The summed E-state index contributed by atoms with van der Waals surface area (Å²) in [5.41, 5.74) is 6.64. The Kier molecular flexibility index (Phi) is 4.60. The number of nitrogens with two attached hydrogens (primary N) is 1. The van der Waals surface area contributed by atoms with Gasteiger partial charge in [0.25, 0.3) is 0 Å². The van der Waals surface area contributed by atoms with Crippen molar-refractivity contribution in [3.05, 3.63) is 23.7 Å². The number of rotatable bonds is 3. The van der Waals surface area contributed by atoms with E-state index in [1.807, 2.05) is 13.0 Å². The minimum Gasteiger partial charge on any atom is -0.465 e. The van der Waals surface area contributed by atoms with E-state index in [2.05, 4.69) is 38.7 Å². The van der Waals surface area contributed by atoms with E-state index in [0.717, 1.165) is 30.5 Å². The van der Waals surface area contributed by atoms with Crippen LogP contribution in [0.3, 0.4) is 0 Å². The number of furan rings is 1. The van der Waals surface area contributed by atoms with Crippen molar-refractivity contribution in [2.75, 3.05) is 13.1 Å². The van der Waals surface area contributed by atoms with Crippen molar-refractivity contribution >= 4 is 0 Å². The second kappa shape index (κ2) is 5.90. The van der Waals surface area contributed by atoms with Gasteiger partial charge >= 0.3 is 0 Å². The molecule has 1 aliphatic rings. The van der Waals surface area contributed by atoms with Crippen LogP contribution < -0.4 is 5.73 Å². The predicted octanol–water partition coefficient (Wildman–Crippen LogP) is 3.73. The average Bonchev–Trinajstić information content (AvgIpc) is 2.75. The molecule has 0 saturated carbocycles. The van der Waals surface area contributed by atoms with Crippen LogP contribution in [0.25, 0.3) is 0 Å². The first-order chi connectivity index (χ1) is 9.29. The smallest absolute Gasteiger partial charge is 0.122 e. The van der Waals surface area contributed by atoms with Gasteiger partial charge in [0.1, 0.15) is 11.5 Å². The molecule has 1 aliphatic heterocycles. The van der Waals surface area contributed by atoms with Gasteiger partial charge < -0.3 is 10.2 Å². The lowest BCUT2D eigenvalue weighted by Gasteiger charge is -2.42. The Balaban J connectivity index is 2.06.